The van der Waals surface area contributed by atoms with Gasteiger partial charge in [0.15, 0.2) is 5.76 Å². The molecule has 2 heterocycles. The highest BCUT2D eigenvalue weighted by Crippen LogP contribution is 2.29. The highest BCUT2D eigenvalue weighted by molar-refractivity contribution is 6.30. The van der Waals surface area contributed by atoms with Crippen molar-refractivity contribution in [1.29, 1.82) is 0 Å². The maximum absolute atomic E-state index is 11.5. The lowest BCUT2D eigenvalue weighted by molar-refractivity contribution is 0.0362. The Bertz CT molecular complexity index is 724. The summed E-state index contributed by atoms with van der Waals surface area (Å²) in [6.45, 7) is 6.26. The number of hydrogen-bond donors (Lipinski definition) is 1. The molecule has 1 N–H and O–H groups in total. The van der Waals surface area contributed by atoms with Gasteiger partial charge in [-0.25, -0.2) is 4.79 Å². The lowest BCUT2D eigenvalue weighted by atomic mass is 10.0. The van der Waals surface area contributed by atoms with Crippen LogP contribution >= 0.6 is 11.6 Å². The van der Waals surface area contributed by atoms with E-state index in [-0.39, 0.29) is 18.2 Å². The molecule has 0 radical (unpaired) electrons. The summed E-state index contributed by atoms with van der Waals surface area (Å²) in [6, 6.07) is 9.64. The average molecular weight is 378 g/mol. The van der Waals surface area contributed by atoms with Gasteiger partial charge in [-0.05, 0) is 38.8 Å². The molecule has 140 valence electrons. The molecule has 0 bridgehead atoms. The van der Waals surface area contributed by atoms with Gasteiger partial charge in [-0.1, -0.05) is 28.9 Å². The summed E-state index contributed by atoms with van der Waals surface area (Å²) in [5.74, 6) is 0.832. The number of ether oxygens (including phenoxy) is 1. The van der Waals surface area contributed by atoms with Crippen LogP contribution in [0, 0.1) is 0 Å². The number of carbonyl (C=O) groups is 1. The van der Waals surface area contributed by atoms with Crippen LogP contribution in [-0.4, -0.2) is 41.9 Å². The van der Waals surface area contributed by atoms with Gasteiger partial charge in [0.2, 0.25) is 0 Å². The number of alkyl carbamates (subject to hydrolysis) is 1. The molecule has 2 aromatic rings. The average Bonchev–Trinajstić information content (AvgIpc) is 3.12. The molecule has 1 aliphatic heterocycles. The summed E-state index contributed by atoms with van der Waals surface area (Å²) >= 11 is 5.93. The van der Waals surface area contributed by atoms with Crippen molar-refractivity contribution in [2.24, 2.45) is 0 Å². The van der Waals surface area contributed by atoms with Crippen LogP contribution in [0.3, 0.4) is 0 Å². The second kappa shape index (κ2) is 8.56. The van der Waals surface area contributed by atoms with Gasteiger partial charge in [0.05, 0.1) is 6.04 Å². The molecule has 1 aromatic carbocycles. The van der Waals surface area contributed by atoms with Crippen molar-refractivity contribution < 1.29 is 14.1 Å². The third kappa shape index (κ3) is 4.56. The highest BCUT2D eigenvalue weighted by atomic mass is 35.5. The summed E-state index contributed by atoms with van der Waals surface area (Å²) in [5, 5.41) is 7.55. The van der Waals surface area contributed by atoms with Crippen molar-refractivity contribution in [2.75, 3.05) is 19.6 Å². The Hall–Kier alpha value is -2.05. The Labute approximate surface area is 158 Å². The first-order chi connectivity index (χ1) is 12.6. The van der Waals surface area contributed by atoms with Gasteiger partial charge in [0.25, 0.3) is 0 Å². The molecule has 0 saturated carbocycles. The largest absolute Gasteiger partial charge is 0.446 e. The molecular weight excluding hydrogens is 354 g/mol. The van der Waals surface area contributed by atoms with Crippen LogP contribution in [0.25, 0.3) is 11.3 Å². The molecule has 1 unspecified atom stereocenters. The topological polar surface area (TPSA) is 67.6 Å². The zero-order valence-electron chi connectivity index (χ0n) is 15.1. The standard InChI is InChI=1S/C19H24ClN3O3/c1-3-21-19(24)25-16-8-10-23(11-9-16)13(2)18-12-17(22-26-18)14-4-6-15(20)7-5-14/h4-7,12-13,16H,3,8-11H2,1-2H3,(H,21,24). The van der Waals surface area contributed by atoms with E-state index in [2.05, 4.69) is 22.3 Å². The van der Waals surface area contributed by atoms with Gasteiger partial charge in [0, 0.05) is 36.3 Å². The first-order valence-corrected chi connectivity index (χ1v) is 9.35. The lowest BCUT2D eigenvalue weighted by Crippen LogP contribution is -2.40. The minimum absolute atomic E-state index is 0.0237. The lowest BCUT2D eigenvalue weighted by Gasteiger charge is -2.34. The van der Waals surface area contributed by atoms with E-state index < -0.39 is 0 Å². The Balaban J connectivity index is 1.56. The summed E-state index contributed by atoms with van der Waals surface area (Å²) in [4.78, 5) is 13.9. The van der Waals surface area contributed by atoms with Crippen LogP contribution in [0.4, 0.5) is 4.79 Å². The molecule has 3 rings (SSSR count). The molecule has 0 spiro atoms. The zero-order chi connectivity index (χ0) is 18.5. The van der Waals surface area contributed by atoms with E-state index in [0.29, 0.717) is 11.6 Å². The second-order valence-corrected chi connectivity index (χ2v) is 6.90. The van der Waals surface area contributed by atoms with Gasteiger partial charge < -0.3 is 14.6 Å². The Morgan fingerprint density at radius 1 is 1.38 bits per heavy atom. The Morgan fingerprint density at radius 2 is 2.08 bits per heavy atom. The number of nitrogens with one attached hydrogen (secondary N) is 1. The number of halogens is 1. The van der Waals surface area contributed by atoms with Gasteiger partial charge >= 0.3 is 6.09 Å². The number of rotatable bonds is 5. The maximum Gasteiger partial charge on any atom is 0.407 e. The highest BCUT2D eigenvalue weighted by Gasteiger charge is 2.27. The normalized spacial score (nSPS) is 17.0. The van der Waals surface area contributed by atoms with Crippen LogP contribution < -0.4 is 5.32 Å². The van der Waals surface area contributed by atoms with Crippen molar-refractivity contribution in [3.05, 3.63) is 41.1 Å². The minimum atomic E-state index is -0.332. The van der Waals surface area contributed by atoms with Crippen LogP contribution in [0.1, 0.15) is 38.5 Å². The summed E-state index contributed by atoms with van der Waals surface area (Å²) < 4.78 is 11.0. The fourth-order valence-corrected chi connectivity index (χ4v) is 3.27. The van der Waals surface area contributed by atoms with Gasteiger partial charge in [-0.3, -0.25) is 4.90 Å². The third-order valence-electron chi connectivity index (χ3n) is 4.70. The predicted molar refractivity (Wildman–Crippen MR) is 100 cm³/mol. The molecule has 1 amide bonds. The predicted octanol–water partition coefficient (Wildman–Crippen LogP) is 4.27. The SMILES string of the molecule is CCNC(=O)OC1CCN(C(C)c2cc(-c3ccc(Cl)cc3)no2)CC1. The zero-order valence-corrected chi connectivity index (χ0v) is 15.8. The number of nitrogens with zero attached hydrogens (tertiary/aromatic N) is 2. The number of carbonyl (C=O) groups excluding carboxylic acids is 1. The van der Waals surface area contributed by atoms with Crippen LogP contribution in [0.2, 0.25) is 5.02 Å². The number of benzene rings is 1. The monoisotopic (exact) mass is 377 g/mol. The fraction of sp³-hybridized carbons (Fsp3) is 0.474. The number of aromatic nitrogens is 1. The molecule has 1 atom stereocenters. The van der Waals surface area contributed by atoms with E-state index in [0.717, 1.165) is 42.9 Å². The summed E-state index contributed by atoms with van der Waals surface area (Å²) in [6.07, 6.45) is 1.28. The molecule has 1 aliphatic rings. The van der Waals surface area contributed by atoms with Crippen molar-refractivity contribution in [1.82, 2.24) is 15.4 Å². The van der Waals surface area contributed by atoms with Crippen molar-refractivity contribution in [2.45, 2.75) is 38.8 Å². The van der Waals surface area contributed by atoms with Crippen LogP contribution in [-0.2, 0) is 4.74 Å². The van der Waals surface area contributed by atoms with Gasteiger partial charge in [-0.2, -0.15) is 0 Å². The summed E-state index contributed by atoms with van der Waals surface area (Å²) in [5.41, 5.74) is 1.78. The minimum Gasteiger partial charge on any atom is -0.446 e. The molecule has 1 aromatic heterocycles. The van der Waals surface area contributed by atoms with Gasteiger partial charge in [0.1, 0.15) is 11.8 Å². The van der Waals surface area contributed by atoms with E-state index in [9.17, 15) is 4.79 Å². The summed E-state index contributed by atoms with van der Waals surface area (Å²) in [7, 11) is 0. The molecule has 6 nitrogen and oxygen atoms in total. The van der Waals surface area contributed by atoms with E-state index in [1.807, 2.05) is 37.3 Å². The van der Waals surface area contributed by atoms with Crippen LogP contribution in [0.5, 0.6) is 0 Å². The van der Waals surface area contributed by atoms with Crippen LogP contribution in [0.15, 0.2) is 34.9 Å². The second-order valence-electron chi connectivity index (χ2n) is 6.47. The Morgan fingerprint density at radius 3 is 2.73 bits per heavy atom. The van der Waals surface area contributed by atoms with E-state index in [4.69, 9.17) is 20.9 Å². The van der Waals surface area contributed by atoms with Gasteiger partial charge in [-0.15, -0.1) is 0 Å². The van der Waals surface area contributed by atoms with E-state index in [1.54, 1.807) is 0 Å². The number of likely N-dealkylation sites (tertiary alicyclic amines) is 1. The molecule has 0 aliphatic carbocycles. The van der Waals surface area contributed by atoms with Crippen molar-refractivity contribution in [3.8, 4) is 11.3 Å². The van der Waals surface area contributed by atoms with E-state index >= 15 is 0 Å². The number of hydrogen-bond acceptors (Lipinski definition) is 5. The first kappa shape index (κ1) is 18.7. The smallest absolute Gasteiger partial charge is 0.407 e. The fourth-order valence-electron chi connectivity index (χ4n) is 3.14. The van der Waals surface area contributed by atoms with E-state index in [1.165, 1.54) is 0 Å². The van der Waals surface area contributed by atoms with Crippen molar-refractivity contribution >= 4 is 17.7 Å². The molecule has 26 heavy (non-hydrogen) atoms. The van der Waals surface area contributed by atoms with Crippen molar-refractivity contribution in [3.63, 3.8) is 0 Å². The number of amides is 1. The quantitative estimate of drug-likeness (QED) is 0.842. The number of piperidine rings is 1. The molecule has 7 heteroatoms. The third-order valence-corrected chi connectivity index (χ3v) is 4.95. The maximum atomic E-state index is 11.5. The Kier molecular flexibility index (Phi) is 6.16. The molecule has 1 fully saturated rings. The molecule has 1 saturated heterocycles. The molecular formula is C19H24ClN3O3. The first-order valence-electron chi connectivity index (χ1n) is 8.98.